The minimum absolute atomic E-state index is 0.0261. The first kappa shape index (κ1) is 34.9. The van der Waals surface area contributed by atoms with E-state index in [9.17, 15) is 44.0 Å². The molecule has 45 heavy (non-hydrogen) atoms. The molecular formula is C29H37N2O11S3+. The summed E-state index contributed by atoms with van der Waals surface area (Å²) in [6, 6.07) is 8.37. The van der Waals surface area contributed by atoms with Crippen molar-refractivity contribution in [2.24, 2.45) is 0 Å². The van der Waals surface area contributed by atoms with Crippen LogP contribution in [0.25, 0.3) is 0 Å². The lowest BCUT2D eigenvalue weighted by Crippen LogP contribution is -2.32. The van der Waals surface area contributed by atoms with Gasteiger partial charge in [-0.05, 0) is 75.1 Å². The van der Waals surface area contributed by atoms with E-state index in [4.69, 9.17) is 4.74 Å². The summed E-state index contributed by atoms with van der Waals surface area (Å²) < 4.78 is 107. The molecule has 246 valence electrons. The number of methoxy groups -OCH3 is 1. The van der Waals surface area contributed by atoms with E-state index in [1.807, 2.05) is 6.92 Å². The molecule has 16 heteroatoms. The summed E-state index contributed by atoms with van der Waals surface area (Å²) in [5.41, 5.74) is 1.91. The number of fused-ring (bicyclic) bond motifs is 2. The molecule has 0 saturated heterocycles. The van der Waals surface area contributed by atoms with E-state index in [-0.39, 0.29) is 35.8 Å². The number of benzene rings is 2. The van der Waals surface area contributed by atoms with Crippen molar-refractivity contribution in [2.75, 3.05) is 37.9 Å². The van der Waals surface area contributed by atoms with Crippen molar-refractivity contribution in [1.82, 2.24) is 0 Å². The van der Waals surface area contributed by atoms with Crippen LogP contribution in [0.3, 0.4) is 0 Å². The molecule has 0 aliphatic carbocycles. The van der Waals surface area contributed by atoms with Crippen molar-refractivity contribution in [1.29, 1.82) is 0 Å². The smallest absolute Gasteiger partial charge is 0.294 e. The molecule has 0 fully saturated rings. The van der Waals surface area contributed by atoms with Gasteiger partial charge in [-0.1, -0.05) is 6.08 Å². The maximum Gasteiger partial charge on any atom is 0.294 e. The number of ether oxygens (including phenoxy) is 1. The van der Waals surface area contributed by atoms with Crippen molar-refractivity contribution in [2.45, 2.75) is 53.7 Å². The first-order valence-electron chi connectivity index (χ1n) is 13.9. The third-order valence-electron chi connectivity index (χ3n) is 8.48. The molecule has 0 aromatic heterocycles. The zero-order valence-corrected chi connectivity index (χ0v) is 27.4. The monoisotopic (exact) mass is 685 g/mol. The zero-order valence-electron chi connectivity index (χ0n) is 25.0. The van der Waals surface area contributed by atoms with Crippen LogP contribution < -0.4 is 5.32 Å². The second kappa shape index (κ2) is 12.7. The Morgan fingerprint density at radius 2 is 1.51 bits per heavy atom. The molecule has 2 aliphatic rings. The molecule has 13 nitrogen and oxygen atoms in total. The van der Waals surface area contributed by atoms with Gasteiger partial charge < -0.3 is 15.2 Å². The Morgan fingerprint density at radius 3 is 2.09 bits per heavy atom. The topological polar surface area (TPSA) is 208 Å². The van der Waals surface area contributed by atoms with E-state index in [1.165, 1.54) is 30.3 Å². The van der Waals surface area contributed by atoms with Crippen LogP contribution in [0.2, 0.25) is 0 Å². The molecule has 2 atom stereocenters. The molecule has 2 aliphatic heterocycles. The van der Waals surface area contributed by atoms with Crippen LogP contribution >= 0.6 is 0 Å². The lowest BCUT2D eigenvalue weighted by atomic mass is 9.75. The molecule has 2 unspecified atom stereocenters. The molecule has 0 radical (unpaired) electrons. The molecule has 4 rings (SSSR count). The van der Waals surface area contributed by atoms with Crippen LogP contribution in [-0.2, 0) is 45.9 Å². The number of β-amino-alcohol motifs (C(OH)–C–C–N with tert-alkyl or cyclic N) is 1. The summed E-state index contributed by atoms with van der Waals surface area (Å²) in [6.07, 6.45) is 5.94. The van der Waals surface area contributed by atoms with Gasteiger partial charge in [0.2, 0.25) is 5.69 Å². The van der Waals surface area contributed by atoms with Crippen molar-refractivity contribution < 1.29 is 53.3 Å². The number of hydrogen-bond acceptors (Lipinski definition) is 9. The maximum atomic E-state index is 12.0. The molecule has 2 aromatic rings. The summed E-state index contributed by atoms with van der Waals surface area (Å²) in [4.78, 5) is -0.586. The van der Waals surface area contributed by atoms with Gasteiger partial charge in [-0.25, -0.2) is 0 Å². The summed E-state index contributed by atoms with van der Waals surface area (Å²) >= 11 is 0. The summed E-state index contributed by atoms with van der Waals surface area (Å²) in [6.45, 7) is 3.90. The molecule has 5 N–H and O–H groups in total. The molecule has 2 heterocycles. The van der Waals surface area contributed by atoms with E-state index in [2.05, 4.69) is 5.32 Å². The Hall–Kier alpha value is -2.96. The third kappa shape index (κ3) is 7.23. The fraction of sp³-hybridized carbons (Fsp3) is 0.414. The third-order valence-corrected chi connectivity index (χ3v) is 11.0. The van der Waals surface area contributed by atoms with Crippen LogP contribution in [0.15, 0.2) is 70.1 Å². The van der Waals surface area contributed by atoms with Crippen molar-refractivity contribution in [3.05, 3.63) is 71.5 Å². The quantitative estimate of drug-likeness (QED) is 0.152. The van der Waals surface area contributed by atoms with E-state index >= 15 is 0 Å². The minimum Gasteiger partial charge on any atom is -0.390 e. The van der Waals surface area contributed by atoms with Gasteiger partial charge in [0, 0.05) is 48.2 Å². The highest BCUT2D eigenvalue weighted by Gasteiger charge is 2.48. The van der Waals surface area contributed by atoms with E-state index in [1.54, 1.807) is 42.9 Å². The van der Waals surface area contributed by atoms with Crippen molar-refractivity contribution in [3.63, 3.8) is 0 Å². The van der Waals surface area contributed by atoms with Crippen molar-refractivity contribution >= 4 is 47.4 Å². The van der Waals surface area contributed by atoms with Gasteiger partial charge in [-0.15, -0.1) is 0 Å². The highest BCUT2D eigenvalue weighted by molar-refractivity contribution is 7.86. The van der Waals surface area contributed by atoms with Crippen LogP contribution in [0.4, 0.5) is 11.4 Å². The van der Waals surface area contributed by atoms with E-state index in [0.717, 1.165) is 0 Å². The number of hydrogen-bond donors (Lipinski definition) is 5. The second-order valence-corrected chi connectivity index (χ2v) is 15.9. The number of nitrogens with zero attached hydrogens (tertiary/aromatic N) is 1. The lowest BCUT2D eigenvalue weighted by Gasteiger charge is -2.26. The average Bonchev–Trinajstić information content (AvgIpc) is 3.34. The van der Waals surface area contributed by atoms with Gasteiger partial charge >= 0.3 is 0 Å². The Kier molecular flexibility index (Phi) is 9.83. The number of rotatable bonds is 13. The molecule has 0 bridgehead atoms. The first-order chi connectivity index (χ1) is 20.8. The Balaban J connectivity index is 1.82. The van der Waals surface area contributed by atoms with Gasteiger partial charge in [0.1, 0.15) is 6.61 Å². The number of allylic oxidation sites excluding steroid dienone is 4. The SMILES string of the molecule is COCCC1(C)/C(=C\C=C\C2=[N+](CCO)c3ccc(S(=O)(=O)O)cc3C2(C)CCCS(=O)(=O)O)Nc2ccc(S(=O)(=O)O)cc21. The molecule has 0 spiro atoms. The van der Waals surface area contributed by atoms with Gasteiger partial charge in [0.05, 0.1) is 21.0 Å². The Morgan fingerprint density at radius 1 is 0.889 bits per heavy atom. The van der Waals surface area contributed by atoms with Crippen LogP contribution in [0, 0.1) is 0 Å². The maximum absolute atomic E-state index is 12.0. The highest BCUT2D eigenvalue weighted by Crippen LogP contribution is 2.47. The number of aliphatic hydroxyl groups is 1. The van der Waals surface area contributed by atoms with Crippen LogP contribution in [0.5, 0.6) is 0 Å². The van der Waals surface area contributed by atoms with Gasteiger partial charge in [0.15, 0.2) is 12.3 Å². The van der Waals surface area contributed by atoms with E-state index in [0.29, 0.717) is 46.9 Å². The largest absolute Gasteiger partial charge is 0.390 e. The van der Waals surface area contributed by atoms with Crippen LogP contribution in [-0.4, -0.2) is 86.9 Å². The first-order valence-corrected chi connectivity index (χ1v) is 18.4. The zero-order chi connectivity index (χ0) is 33.4. The van der Waals surface area contributed by atoms with E-state index < -0.39 is 46.9 Å². The Bertz CT molecular complexity index is 1920. The molecular weight excluding hydrogens is 649 g/mol. The summed E-state index contributed by atoms with van der Waals surface area (Å²) in [5, 5.41) is 13.2. The predicted octanol–water partition coefficient (Wildman–Crippen LogP) is 3.06. The molecule has 0 saturated carbocycles. The molecule has 2 aromatic carbocycles. The fourth-order valence-corrected chi connectivity index (χ4v) is 7.64. The van der Waals surface area contributed by atoms with Gasteiger partial charge in [-0.3, -0.25) is 13.7 Å². The predicted molar refractivity (Wildman–Crippen MR) is 167 cm³/mol. The Labute approximate surface area is 263 Å². The summed E-state index contributed by atoms with van der Waals surface area (Å²) in [5.74, 6) is -0.525. The molecule has 0 amide bonds. The average molecular weight is 686 g/mol. The van der Waals surface area contributed by atoms with Gasteiger partial charge in [-0.2, -0.15) is 29.8 Å². The fourth-order valence-electron chi connectivity index (χ4n) is 6.12. The minimum atomic E-state index is -4.57. The highest BCUT2D eigenvalue weighted by atomic mass is 32.2. The second-order valence-electron chi connectivity index (χ2n) is 11.5. The lowest BCUT2D eigenvalue weighted by molar-refractivity contribution is -0.441. The number of anilines is 1. The van der Waals surface area contributed by atoms with Gasteiger partial charge in [0.25, 0.3) is 30.4 Å². The van der Waals surface area contributed by atoms with Crippen molar-refractivity contribution in [3.8, 4) is 0 Å². The standard InChI is InChI=1S/C29H36N2O11S3/c1-28(13-16-42-3)22-18-20(44(36,37)38)8-10-24(22)30-26(28)6-4-7-27-29(2,12-5-17-43(33,34)35)23-19-21(45(39,40)41)9-11-25(23)31(27)14-15-32/h4,6-11,18-19,32H,5,12-17H2,1-3H3,(H3,33,34,35,36,37,38,39,40,41)/p+1. The number of nitrogens with one attached hydrogen (secondary N) is 1. The normalized spacial score (nSPS) is 22.7. The summed E-state index contributed by atoms with van der Waals surface area (Å²) in [7, 11) is -11.7. The van der Waals surface area contributed by atoms with Crippen LogP contribution in [0.1, 0.15) is 44.2 Å². The number of aliphatic hydroxyl groups excluding tert-OH is 1.